The van der Waals surface area contributed by atoms with E-state index in [4.69, 9.17) is 4.74 Å². The molecule has 0 bridgehead atoms. The van der Waals surface area contributed by atoms with Crippen molar-refractivity contribution in [3.8, 4) is 0 Å². The van der Waals surface area contributed by atoms with Crippen molar-refractivity contribution in [2.45, 2.75) is 38.1 Å². The molecule has 1 N–H and O–H groups in total. The van der Waals surface area contributed by atoms with Gasteiger partial charge >= 0.3 is 0 Å². The zero-order valence-corrected chi connectivity index (χ0v) is 16.6. The lowest BCUT2D eigenvalue weighted by atomic mass is 9.92. The monoisotopic (exact) mass is 392 g/mol. The molecule has 144 valence electrons. The van der Waals surface area contributed by atoms with Crippen LogP contribution in [0.4, 0.5) is 0 Å². The maximum absolute atomic E-state index is 13.0. The van der Waals surface area contributed by atoms with Crippen LogP contribution in [0.25, 0.3) is 10.9 Å². The third-order valence-electron chi connectivity index (χ3n) is 6.04. The molecule has 2 atom stereocenters. The fraction of sp³-hybridized carbons (Fsp3) is 0.391. The number of aromatic nitrogens is 1. The van der Waals surface area contributed by atoms with Crippen molar-refractivity contribution in [3.63, 3.8) is 0 Å². The van der Waals surface area contributed by atoms with Gasteiger partial charge in [-0.2, -0.15) is 0 Å². The van der Waals surface area contributed by atoms with Crippen LogP contribution < -0.4 is 5.32 Å². The number of rotatable bonds is 4. The summed E-state index contributed by atoms with van der Waals surface area (Å²) in [6, 6.07) is 10.4. The number of amides is 1. The highest BCUT2D eigenvalue weighted by atomic mass is 32.1. The number of benzene rings is 1. The smallest absolute Gasteiger partial charge is 0.252 e. The van der Waals surface area contributed by atoms with Gasteiger partial charge in [0.05, 0.1) is 30.3 Å². The summed E-state index contributed by atoms with van der Waals surface area (Å²) in [6.07, 6.45) is 7.35. The molecule has 0 spiro atoms. The van der Waals surface area contributed by atoms with Gasteiger partial charge in [0.25, 0.3) is 5.91 Å². The van der Waals surface area contributed by atoms with Crippen LogP contribution in [-0.4, -0.2) is 30.1 Å². The van der Waals surface area contributed by atoms with Crippen molar-refractivity contribution in [2.24, 2.45) is 5.92 Å². The fourth-order valence-electron chi connectivity index (χ4n) is 4.51. The van der Waals surface area contributed by atoms with E-state index in [1.54, 1.807) is 11.3 Å². The number of carbonyl (C=O) groups excluding carboxylic acids is 1. The summed E-state index contributed by atoms with van der Waals surface area (Å²) in [5, 5.41) is 6.51. The van der Waals surface area contributed by atoms with Gasteiger partial charge in [0, 0.05) is 27.8 Å². The zero-order valence-electron chi connectivity index (χ0n) is 15.8. The Bertz CT molecular complexity index is 1010. The van der Waals surface area contributed by atoms with Crippen LogP contribution in [0.3, 0.4) is 0 Å². The molecule has 4 nitrogen and oxygen atoms in total. The van der Waals surface area contributed by atoms with Crippen molar-refractivity contribution >= 4 is 28.1 Å². The van der Waals surface area contributed by atoms with Gasteiger partial charge < -0.3 is 10.1 Å². The van der Waals surface area contributed by atoms with E-state index in [0.717, 1.165) is 30.3 Å². The standard InChI is InChI=1S/C23H24N2O2S/c26-23(19-14-28-22-8-4-2-6-18(19)22)25-21-13-27-12-16(21)11-15-9-10-24-20-7-3-1-5-17(15)20/h1,3,5,7,9-10,14,16,21H,2,4,6,8,11-13H2,(H,25,26)/t16-,21+/m1/s1. The number of nitrogens with one attached hydrogen (secondary N) is 1. The Morgan fingerprint density at radius 2 is 2.07 bits per heavy atom. The van der Waals surface area contributed by atoms with Crippen LogP contribution in [0.5, 0.6) is 0 Å². The second kappa shape index (κ2) is 7.64. The molecule has 0 unspecified atom stereocenters. The largest absolute Gasteiger partial charge is 0.379 e. The molecule has 1 aliphatic heterocycles. The Kier molecular flexibility index (Phi) is 4.87. The number of carbonyl (C=O) groups is 1. The molecule has 2 aromatic heterocycles. The van der Waals surface area contributed by atoms with Crippen LogP contribution in [0.1, 0.15) is 39.2 Å². The molecule has 2 aliphatic rings. The number of hydrogen-bond donors (Lipinski definition) is 1. The number of fused-ring (bicyclic) bond motifs is 2. The van der Waals surface area contributed by atoms with Crippen LogP contribution >= 0.6 is 11.3 Å². The molecule has 1 amide bonds. The average Bonchev–Trinajstić information content (AvgIpc) is 3.35. The lowest BCUT2D eigenvalue weighted by Gasteiger charge is -2.20. The van der Waals surface area contributed by atoms with Gasteiger partial charge in [-0.3, -0.25) is 9.78 Å². The summed E-state index contributed by atoms with van der Waals surface area (Å²) in [7, 11) is 0. The van der Waals surface area contributed by atoms with Crippen LogP contribution in [0.2, 0.25) is 0 Å². The Hall–Kier alpha value is -2.24. The van der Waals surface area contributed by atoms with Gasteiger partial charge in [-0.05, 0) is 55.4 Å². The predicted octanol–water partition coefficient (Wildman–Crippen LogP) is 4.16. The fourth-order valence-corrected chi connectivity index (χ4v) is 5.63. The number of para-hydroxylation sites is 1. The van der Waals surface area contributed by atoms with Crippen molar-refractivity contribution in [3.05, 3.63) is 63.5 Å². The summed E-state index contributed by atoms with van der Waals surface area (Å²) in [4.78, 5) is 18.8. The number of pyridine rings is 1. The molecular formula is C23H24N2O2S. The number of ether oxygens (including phenoxy) is 1. The Balaban J connectivity index is 1.33. The molecule has 3 heterocycles. The van der Waals surface area contributed by atoms with Crippen molar-refractivity contribution in [1.29, 1.82) is 0 Å². The topological polar surface area (TPSA) is 51.2 Å². The van der Waals surface area contributed by atoms with Crippen LogP contribution in [0, 0.1) is 5.92 Å². The second-order valence-corrected chi connectivity index (χ2v) is 8.79. The van der Waals surface area contributed by atoms with Gasteiger partial charge in [0.15, 0.2) is 0 Å². The highest BCUT2D eigenvalue weighted by Gasteiger charge is 2.31. The number of nitrogens with zero attached hydrogens (tertiary/aromatic N) is 1. The Morgan fingerprint density at radius 1 is 1.18 bits per heavy atom. The first-order valence-corrected chi connectivity index (χ1v) is 11.0. The second-order valence-electron chi connectivity index (χ2n) is 7.83. The molecule has 1 fully saturated rings. The van der Waals surface area contributed by atoms with Gasteiger partial charge in [-0.15, -0.1) is 11.3 Å². The normalized spacial score (nSPS) is 21.6. The van der Waals surface area contributed by atoms with Crippen molar-refractivity contribution < 1.29 is 9.53 Å². The molecule has 0 radical (unpaired) electrons. The molecule has 1 saturated heterocycles. The Labute approximate surface area is 168 Å². The van der Waals surface area contributed by atoms with E-state index < -0.39 is 0 Å². The predicted molar refractivity (Wildman–Crippen MR) is 112 cm³/mol. The molecular weight excluding hydrogens is 368 g/mol. The number of hydrogen-bond acceptors (Lipinski definition) is 4. The van der Waals surface area contributed by atoms with Gasteiger partial charge in [-0.25, -0.2) is 0 Å². The van der Waals surface area contributed by atoms with E-state index in [1.165, 1.54) is 34.2 Å². The van der Waals surface area contributed by atoms with E-state index in [9.17, 15) is 4.79 Å². The lowest BCUT2D eigenvalue weighted by molar-refractivity contribution is 0.0924. The number of aryl methyl sites for hydroxylation is 1. The summed E-state index contributed by atoms with van der Waals surface area (Å²) in [5.41, 5.74) is 4.46. The maximum atomic E-state index is 13.0. The van der Waals surface area contributed by atoms with Gasteiger partial charge in [0.2, 0.25) is 0 Å². The molecule has 1 aliphatic carbocycles. The quantitative estimate of drug-likeness (QED) is 0.725. The highest BCUT2D eigenvalue weighted by molar-refractivity contribution is 7.10. The molecule has 28 heavy (non-hydrogen) atoms. The van der Waals surface area contributed by atoms with E-state index in [0.29, 0.717) is 13.2 Å². The molecule has 5 rings (SSSR count). The van der Waals surface area contributed by atoms with E-state index >= 15 is 0 Å². The highest BCUT2D eigenvalue weighted by Crippen LogP contribution is 2.31. The SMILES string of the molecule is O=C(N[C@H]1COC[C@H]1Cc1ccnc2ccccc12)c1csc2c1CCCC2. The third-order valence-corrected chi connectivity index (χ3v) is 7.13. The van der Waals surface area contributed by atoms with Gasteiger partial charge in [-0.1, -0.05) is 18.2 Å². The first-order chi connectivity index (χ1) is 13.8. The van der Waals surface area contributed by atoms with Crippen LogP contribution in [0.15, 0.2) is 41.9 Å². The van der Waals surface area contributed by atoms with Crippen molar-refractivity contribution in [2.75, 3.05) is 13.2 Å². The van der Waals surface area contributed by atoms with E-state index in [-0.39, 0.29) is 17.9 Å². The van der Waals surface area contributed by atoms with E-state index in [1.807, 2.05) is 23.7 Å². The zero-order chi connectivity index (χ0) is 18.9. The third kappa shape index (κ3) is 3.33. The lowest BCUT2D eigenvalue weighted by Crippen LogP contribution is -2.40. The summed E-state index contributed by atoms with van der Waals surface area (Å²) in [5.74, 6) is 0.351. The van der Waals surface area contributed by atoms with Crippen molar-refractivity contribution in [1.82, 2.24) is 10.3 Å². The minimum absolute atomic E-state index is 0.0542. The van der Waals surface area contributed by atoms with E-state index in [2.05, 4.69) is 28.5 Å². The first-order valence-electron chi connectivity index (χ1n) is 10.1. The molecule has 0 saturated carbocycles. The average molecular weight is 393 g/mol. The molecule has 1 aromatic carbocycles. The summed E-state index contributed by atoms with van der Waals surface area (Å²) >= 11 is 1.74. The summed E-state index contributed by atoms with van der Waals surface area (Å²) in [6.45, 7) is 1.27. The molecule has 5 heteroatoms. The maximum Gasteiger partial charge on any atom is 0.252 e. The van der Waals surface area contributed by atoms with Gasteiger partial charge in [0.1, 0.15) is 0 Å². The summed E-state index contributed by atoms with van der Waals surface area (Å²) < 4.78 is 5.76. The minimum atomic E-state index is 0.0542. The first kappa shape index (κ1) is 17.8. The number of thiophene rings is 1. The molecule has 3 aromatic rings. The minimum Gasteiger partial charge on any atom is -0.379 e. The Morgan fingerprint density at radius 3 is 3.04 bits per heavy atom. The van der Waals surface area contributed by atoms with Crippen LogP contribution in [-0.2, 0) is 24.0 Å².